The van der Waals surface area contributed by atoms with Gasteiger partial charge in [-0.15, -0.1) is 0 Å². The Labute approximate surface area is 136 Å². The Morgan fingerprint density at radius 1 is 1.09 bits per heavy atom. The normalized spacial score (nSPS) is 12.1. The molecule has 124 valence electrons. The molecular weight excluding hydrogens is 316 g/mol. The molecule has 0 radical (unpaired) electrons. The molecule has 0 spiro atoms. The molecule has 5 N–H and O–H groups in total. The van der Waals surface area contributed by atoms with E-state index in [4.69, 9.17) is 5.73 Å². The number of benzene rings is 2. The molecule has 0 fully saturated rings. The zero-order valence-corrected chi connectivity index (χ0v) is 13.6. The summed E-state index contributed by atoms with van der Waals surface area (Å²) in [5, 5.41) is 0. The molecule has 0 amide bonds. The quantitative estimate of drug-likeness (QED) is 0.805. The molecule has 0 aromatic heterocycles. The smallest absolute Gasteiger partial charge is 0.341 e. The Morgan fingerprint density at radius 2 is 1.65 bits per heavy atom. The predicted octanol–water partition coefficient (Wildman–Crippen LogP) is 1.96. The van der Waals surface area contributed by atoms with Crippen molar-refractivity contribution in [3.05, 3.63) is 65.7 Å². The van der Waals surface area contributed by atoms with Crippen LogP contribution in [0.15, 0.2) is 59.5 Å². The average Bonchev–Trinajstić information content (AvgIpc) is 2.48. The molecular formula is C16H20N2O4S. The van der Waals surface area contributed by atoms with Gasteiger partial charge in [0.25, 0.3) is 0 Å². The molecule has 0 aliphatic rings. The van der Waals surface area contributed by atoms with Crippen molar-refractivity contribution in [3.8, 4) is 0 Å². The maximum Gasteiger partial charge on any atom is 0.341 e. The lowest BCUT2D eigenvalue weighted by molar-refractivity contribution is -0.135. The average molecular weight is 336 g/mol. The Hall–Kier alpha value is -2.22. The topological polar surface area (TPSA) is 121 Å². The van der Waals surface area contributed by atoms with Crippen molar-refractivity contribution in [3.63, 3.8) is 0 Å². The standard InChI is InChI=1S/C16H17NO4S.H3N/c1-12-7-9-14(10-8-12)22(19,20)21-16(18)15(17)11-13-5-3-2-4-6-13;/h2-10,15H,11,17H2,1H3;1H3/t15-;/m1./s1. The van der Waals surface area contributed by atoms with Crippen LogP contribution in [0.25, 0.3) is 0 Å². The Balaban J connectivity index is 0.00000264. The molecule has 0 heterocycles. The van der Waals surface area contributed by atoms with Gasteiger partial charge in [-0.1, -0.05) is 48.0 Å². The second-order valence-corrected chi connectivity index (χ2v) is 6.51. The number of carbonyl (C=O) groups excluding carboxylic acids is 1. The van der Waals surface area contributed by atoms with Crippen LogP contribution in [0.4, 0.5) is 0 Å². The van der Waals surface area contributed by atoms with Crippen molar-refractivity contribution in [2.75, 3.05) is 0 Å². The molecule has 0 aliphatic carbocycles. The summed E-state index contributed by atoms with van der Waals surface area (Å²) in [6.45, 7) is 1.83. The van der Waals surface area contributed by atoms with Crippen molar-refractivity contribution in [1.82, 2.24) is 6.15 Å². The van der Waals surface area contributed by atoms with Gasteiger partial charge in [-0.3, -0.25) is 0 Å². The summed E-state index contributed by atoms with van der Waals surface area (Å²) in [5.41, 5.74) is 7.46. The van der Waals surface area contributed by atoms with Gasteiger partial charge in [-0.05, 0) is 31.0 Å². The molecule has 2 aromatic carbocycles. The fraction of sp³-hybridized carbons (Fsp3) is 0.188. The molecule has 0 saturated heterocycles. The monoisotopic (exact) mass is 336 g/mol. The fourth-order valence-electron chi connectivity index (χ4n) is 1.87. The molecule has 23 heavy (non-hydrogen) atoms. The number of hydrogen-bond acceptors (Lipinski definition) is 6. The summed E-state index contributed by atoms with van der Waals surface area (Å²) in [7, 11) is -4.14. The summed E-state index contributed by atoms with van der Waals surface area (Å²) in [5.74, 6) is -0.968. The van der Waals surface area contributed by atoms with Gasteiger partial charge in [-0.2, -0.15) is 8.42 Å². The van der Waals surface area contributed by atoms with Gasteiger partial charge in [0.2, 0.25) is 0 Å². The van der Waals surface area contributed by atoms with Crippen LogP contribution in [0.5, 0.6) is 0 Å². The molecule has 1 atom stereocenters. The third kappa shape index (κ3) is 5.17. The maximum atomic E-state index is 12.0. The van der Waals surface area contributed by atoms with E-state index < -0.39 is 22.1 Å². The number of carbonyl (C=O) groups is 1. The minimum absolute atomic E-state index is 0. The third-order valence-electron chi connectivity index (χ3n) is 3.10. The van der Waals surface area contributed by atoms with E-state index in [1.807, 2.05) is 37.3 Å². The molecule has 0 unspecified atom stereocenters. The number of rotatable bonds is 5. The first-order valence-electron chi connectivity index (χ1n) is 6.73. The Bertz CT molecular complexity index is 743. The Kier molecular flexibility index (Phi) is 6.44. The van der Waals surface area contributed by atoms with Crippen LogP contribution in [0.2, 0.25) is 0 Å². The van der Waals surface area contributed by atoms with E-state index in [0.717, 1.165) is 11.1 Å². The second kappa shape index (κ2) is 7.87. The second-order valence-electron chi connectivity index (χ2n) is 4.97. The highest BCUT2D eigenvalue weighted by Crippen LogP contribution is 2.14. The molecule has 0 saturated carbocycles. The zero-order chi connectivity index (χ0) is 16.2. The summed E-state index contributed by atoms with van der Waals surface area (Å²) in [6, 6.07) is 14.1. The molecule has 6 nitrogen and oxygen atoms in total. The first kappa shape index (κ1) is 18.8. The predicted molar refractivity (Wildman–Crippen MR) is 87.6 cm³/mol. The van der Waals surface area contributed by atoms with Crippen LogP contribution in [0, 0.1) is 6.92 Å². The van der Waals surface area contributed by atoms with Gasteiger partial charge < -0.3 is 16.1 Å². The third-order valence-corrected chi connectivity index (χ3v) is 4.34. The first-order valence-corrected chi connectivity index (χ1v) is 8.14. The van der Waals surface area contributed by atoms with Gasteiger partial charge in [-0.25, -0.2) is 4.79 Å². The lowest BCUT2D eigenvalue weighted by atomic mass is 10.1. The fourth-order valence-corrected chi connectivity index (χ4v) is 2.78. The Morgan fingerprint density at radius 3 is 2.22 bits per heavy atom. The van der Waals surface area contributed by atoms with E-state index >= 15 is 0 Å². The van der Waals surface area contributed by atoms with Crippen molar-refractivity contribution >= 4 is 16.1 Å². The lowest BCUT2D eigenvalue weighted by Gasteiger charge is -2.11. The minimum Gasteiger partial charge on any atom is -0.344 e. The lowest BCUT2D eigenvalue weighted by Crippen LogP contribution is -2.35. The van der Waals surface area contributed by atoms with Crippen LogP contribution in [0.3, 0.4) is 0 Å². The maximum absolute atomic E-state index is 12.0. The summed E-state index contributed by atoms with van der Waals surface area (Å²) < 4.78 is 28.6. The highest BCUT2D eigenvalue weighted by atomic mass is 32.2. The molecule has 7 heteroatoms. The summed E-state index contributed by atoms with van der Waals surface area (Å²) >= 11 is 0. The zero-order valence-electron chi connectivity index (χ0n) is 12.8. The van der Waals surface area contributed by atoms with Crippen molar-refractivity contribution < 1.29 is 17.4 Å². The van der Waals surface area contributed by atoms with Crippen LogP contribution in [-0.4, -0.2) is 20.4 Å². The number of aryl methyl sites for hydroxylation is 1. The number of nitrogens with two attached hydrogens (primary N) is 1. The van der Waals surface area contributed by atoms with Crippen molar-refractivity contribution in [1.29, 1.82) is 0 Å². The highest BCUT2D eigenvalue weighted by molar-refractivity contribution is 7.87. The molecule has 0 bridgehead atoms. The van der Waals surface area contributed by atoms with E-state index in [2.05, 4.69) is 4.18 Å². The van der Waals surface area contributed by atoms with Gasteiger partial charge in [0.05, 0.1) is 0 Å². The van der Waals surface area contributed by atoms with Gasteiger partial charge in [0, 0.05) is 0 Å². The van der Waals surface area contributed by atoms with E-state index in [0.29, 0.717) is 0 Å². The number of hydrogen-bond donors (Lipinski definition) is 2. The molecule has 2 rings (SSSR count). The molecule has 2 aromatic rings. The SMILES string of the molecule is Cc1ccc(S(=O)(=O)OC(=O)[C@H](N)Cc2ccccc2)cc1.N. The summed E-state index contributed by atoms with van der Waals surface area (Å²) in [4.78, 5) is 11.8. The van der Waals surface area contributed by atoms with Crippen LogP contribution < -0.4 is 11.9 Å². The van der Waals surface area contributed by atoms with Gasteiger partial charge >= 0.3 is 16.1 Å². The minimum atomic E-state index is -4.14. The van der Waals surface area contributed by atoms with Crippen LogP contribution in [-0.2, 0) is 25.5 Å². The van der Waals surface area contributed by atoms with E-state index in [9.17, 15) is 13.2 Å². The van der Waals surface area contributed by atoms with E-state index in [1.165, 1.54) is 12.1 Å². The molecule has 0 aliphatic heterocycles. The highest BCUT2D eigenvalue weighted by Gasteiger charge is 2.24. The van der Waals surface area contributed by atoms with E-state index in [-0.39, 0.29) is 17.5 Å². The van der Waals surface area contributed by atoms with Gasteiger partial charge in [0.15, 0.2) is 0 Å². The van der Waals surface area contributed by atoms with Crippen LogP contribution >= 0.6 is 0 Å². The van der Waals surface area contributed by atoms with Crippen LogP contribution in [0.1, 0.15) is 11.1 Å². The van der Waals surface area contributed by atoms with Crippen molar-refractivity contribution in [2.24, 2.45) is 5.73 Å². The van der Waals surface area contributed by atoms with Crippen molar-refractivity contribution in [2.45, 2.75) is 24.3 Å². The summed E-state index contributed by atoms with van der Waals surface area (Å²) in [6.07, 6.45) is 0.211. The first-order chi connectivity index (χ1) is 10.4. The largest absolute Gasteiger partial charge is 0.344 e. The van der Waals surface area contributed by atoms with E-state index in [1.54, 1.807) is 12.1 Å². The van der Waals surface area contributed by atoms with Gasteiger partial charge in [0.1, 0.15) is 10.9 Å².